The predicted octanol–water partition coefficient (Wildman–Crippen LogP) is 3.98. The number of amides is 2. The first-order chi connectivity index (χ1) is 12.5. The van der Waals surface area contributed by atoms with Gasteiger partial charge >= 0.3 is 6.09 Å². The predicted molar refractivity (Wildman–Crippen MR) is 101 cm³/mol. The largest absolute Gasteiger partial charge is 0.444 e. The normalized spacial score (nSPS) is 13.3. The Hall–Kier alpha value is -2.82. The number of carbonyl (C=O) groups is 2. The molecule has 0 bridgehead atoms. The van der Waals surface area contributed by atoms with Crippen molar-refractivity contribution in [3.05, 3.63) is 65.2 Å². The van der Waals surface area contributed by atoms with Crippen LogP contribution in [0.5, 0.6) is 0 Å². The molecule has 5 nitrogen and oxygen atoms in total. The Bertz CT molecular complexity index is 787. The maximum atomic E-state index is 12.2. The minimum absolute atomic E-state index is 0.00850. The van der Waals surface area contributed by atoms with Gasteiger partial charge in [-0.15, -0.1) is 0 Å². The molecule has 136 valence electrons. The average Bonchev–Trinajstić information content (AvgIpc) is 2.66. The van der Waals surface area contributed by atoms with Crippen LogP contribution in [-0.4, -0.2) is 23.4 Å². The molecule has 2 amide bonds. The van der Waals surface area contributed by atoms with E-state index in [1.54, 1.807) is 0 Å². The number of hydrogen-bond donors (Lipinski definition) is 1. The van der Waals surface area contributed by atoms with Crippen molar-refractivity contribution in [3.63, 3.8) is 0 Å². The second-order valence-electron chi connectivity index (χ2n) is 6.83. The zero-order chi connectivity index (χ0) is 18.5. The van der Waals surface area contributed by atoms with Crippen LogP contribution in [0.4, 0.5) is 10.5 Å². The summed E-state index contributed by atoms with van der Waals surface area (Å²) in [6, 6.07) is 15.4. The number of nitrogens with one attached hydrogen (secondary N) is 1. The monoisotopic (exact) mass is 352 g/mol. The summed E-state index contributed by atoms with van der Waals surface area (Å²) in [5.41, 5.74) is 3.92. The molecule has 2 aromatic carbocycles. The molecule has 0 saturated carbocycles. The van der Waals surface area contributed by atoms with Crippen molar-refractivity contribution >= 4 is 17.7 Å². The number of nitrogens with zero attached hydrogens (tertiary/aromatic N) is 1. The van der Waals surface area contributed by atoms with Crippen LogP contribution in [0.2, 0.25) is 0 Å². The zero-order valence-electron chi connectivity index (χ0n) is 15.2. The molecule has 5 heteroatoms. The third-order valence-electron chi connectivity index (χ3n) is 4.48. The first-order valence-electron chi connectivity index (χ1n) is 8.91. The summed E-state index contributed by atoms with van der Waals surface area (Å²) in [6.07, 6.45) is 0.353. The topological polar surface area (TPSA) is 58.6 Å². The maximum absolute atomic E-state index is 12.2. The van der Waals surface area contributed by atoms with Gasteiger partial charge in [-0.1, -0.05) is 50.2 Å². The van der Waals surface area contributed by atoms with Gasteiger partial charge in [0, 0.05) is 24.7 Å². The van der Waals surface area contributed by atoms with Gasteiger partial charge in [0.15, 0.2) is 0 Å². The van der Waals surface area contributed by atoms with Gasteiger partial charge in [-0.25, -0.2) is 4.79 Å². The molecule has 1 aliphatic heterocycles. The zero-order valence-corrected chi connectivity index (χ0v) is 15.2. The molecule has 0 saturated heterocycles. The Morgan fingerprint density at radius 1 is 1.12 bits per heavy atom. The Labute approximate surface area is 154 Å². The van der Waals surface area contributed by atoms with Crippen LogP contribution in [0.25, 0.3) is 0 Å². The fourth-order valence-electron chi connectivity index (χ4n) is 3.07. The van der Waals surface area contributed by atoms with E-state index >= 15 is 0 Å². The molecule has 26 heavy (non-hydrogen) atoms. The van der Waals surface area contributed by atoms with Gasteiger partial charge in [0.05, 0.1) is 0 Å². The highest BCUT2D eigenvalue weighted by atomic mass is 16.5. The summed E-state index contributed by atoms with van der Waals surface area (Å²) < 4.78 is 5.25. The molecular formula is C21H24N2O3. The molecule has 0 radical (unpaired) electrons. The lowest BCUT2D eigenvalue weighted by Crippen LogP contribution is -2.38. The summed E-state index contributed by atoms with van der Waals surface area (Å²) in [4.78, 5) is 26.1. The van der Waals surface area contributed by atoms with Crippen LogP contribution in [0, 0.1) is 5.92 Å². The second kappa shape index (κ2) is 8.04. The highest BCUT2D eigenvalue weighted by molar-refractivity contribution is 5.85. The van der Waals surface area contributed by atoms with Crippen molar-refractivity contribution in [1.29, 1.82) is 0 Å². The van der Waals surface area contributed by atoms with Crippen LogP contribution in [0.3, 0.4) is 0 Å². The van der Waals surface area contributed by atoms with Crippen molar-refractivity contribution in [3.8, 4) is 0 Å². The Morgan fingerprint density at radius 3 is 2.62 bits per heavy atom. The average molecular weight is 352 g/mol. The van der Waals surface area contributed by atoms with Gasteiger partial charge in [0.2, 0.25) is 5.91 Å². The minimum Gasteiger partial charge on any atom is -0.444 e. The molecule has 1 aliphatic rings. The Balaban J connectivity index is 1.61. The van der Waals surface area contributed by atoms with Gasteiger partial charge in [-0.05, 0) is 35.2 Å². The SMILES string of the molecule is CC(C)C(=O)N1CCc2ccc(NC(=O)OCc3ccccc3)cc2C1. The molecule has 0 unspecified atom stereocenters. The fourth-order valence-corrected chi connectivity index (χ4v) is 3.07. The molecule has 0 fully saturated rings. The van der Waals surface area contributed by atoms with E-state index in [-0.39, 0.29) is 18.4 Å². The molecule has 1 heterocycles. The standard InChI is InChI=1S/C21H24N2O3/c1-15(2)20(24)23-11-10-17-8-9-19(12-18(17)13-23)22-21(25)26-14-16-6-4-3-5-7-16/h3-9,12,15H,10-11,13-14H2,1-2H3,(H,22,25). The lowest BCUT2D eigenvalue weighted by Gasteiger charge is -2.30. The summed E-state index contributed by atoms with van der Waals surface area (Å²) >= 11 is 0. The second-order valence-corrected chi connectivity index (χ2v) is 6.83. The molecule has 2 aromatic rings. The first kappa shape index (κ1) is 18.0. The first-order valence-corrected chi connectivity index (χ1v) is 8.91. The van der Waals surface area contributed by atoms with Crippen LogP contribution in [-0.2, 0) is 29.1 Å². The summed E-state index contributed by atoms with van der Waals surface area (Å²) in [7, 11) is 0. The van der Waals surface area contributed by atoms with Crippen molar-refractivity contribution in [2.75, 3.05) is 11.9 Å². The van der Waals surface area contributed by atoms with Crippen molar-refractivity contribution in [2.45, 2.75) is 33.4 Å². The summed E-state index contributed by atoms with van der Waals surface area (Å²) in [5.74, 6) is 0.155. The lowest BCUT2D eigenvalue weighted by molar-refractivity contribution is -0.135. The quantitative estimate of drug-likeness (QED) is 0.905. The fraction of sp³-hybridized carbons (Fsp3) is 0.333. The molecule has 1 N–H and O–H groups in total. The smallest absolute Gasteiger partial charge is 0.411 e. The van der Waals surface area contributed by atoms with Crippen molar-refractivity contribution in [2.24, 2.45) is 5.92 Å². The summed E-state index contributed by atoms with van der Waals surface area (Å²) in [6.45, 7) is 5.39. The van der Waals surface area contributed by atoms with E-state index in [1.807, 2.05) is 67.3 Å². The van der Waals surface area contributed by atoms with Gasteiger partial charge in [0.1, 0.15) is 6.61 Å². The number of anilines is 1. The molecule has 0 aliphatic carbocycles. The van der Waals surface area contributed by atoms with Gasteiger partial charge in [-0.3, -0.25) is 10.1 Å². The van der Waals surface area contributed by atoms with Crippen LogP contribution < -0.4 is 5.32 Å². The molecule has 0 aromatic heterocycles. The van der Waals surface area contributed by atoms with E-state index in [9.17, 15) is 9.59 Å². The van der Waals surface area contributed by atoms with Crippen LogP contribution in [0.1, 0.15) is 30.5 Å². The van der Waals surface area contributed by atoms with Crippen LogP contribution in [0.15, 0.2) is 48.5 Å². The third kappa shape index (κ3) is 4.42. The highest BCUT2D eigenvalue weighted by Crippen LogP contribution is 2.24. The number of rotatable bonds is 4. The van der Waals surface area contributed by atoms with E-state index in [4.69, 9.17) is 4.74 Å². The number of hydrogen-bond acceptors (Lipinski definition) is 3. The molecular weight excluding hydrogens is 328 g/mol. The summed E-state index contributed by atoms with van der Waals surface area (Å²) in [5, 5.41) is 2.76. The minimum atomic E-state index is -0.486. The number of carbonyl (C=O) groups excluding carboxylic acids is 2. The van der Waals surface area contributed by atoms with E-state index < -0.39 is 6.09 Å². The van der Waals surface area contributed by atoms with Gasteiger partial charge in [-0.2, -0.15) is 0 Å². The molecule has 0 spiro atoms. The van der Waals surface area contributed by atoms with Crippen molar-refractivity contribution < 1.29 is 14.3 Å². The highest BCUT2D eigenvalue weighted by Gasteiger charge is 2.22. The number of ether oxygens (including phenoxy) is 1. The molecule has 3 rings (SSSR count). The maximum Gasteiger partial charge on any atom is 0.411 e. The van der Waals surface area contributed by atoms with Gasteiger partial charge in [0.25, 0.3) is 0 Å². The van der Waals surface area contributed by atoms with Crippen LogP contribution >= 0.6 is 0 Å². The number of fused-ring (bicyclic) bond motifs is 1. The lowest BCUT2D eigenvalue weighted by atomic mass is 9.98. The van der Waals surface area contributed by atoms with Crippen molar-refractivity contribution in [1.82, 2.24) is 4.90 Å². The van der Waals surface area contributed by atoms with E-state index in [2.05, 4.69) is 5.32 Å². The molecule has 0 atom stereocenters. The Morgan fingerprint density at radius 2 is 1.88 bits per heavy atom. The number of benzene rings is 2. The van der Waals surface area contributed by atoms with E-state index in [1.165, 1.54) is 5.56 Å². The Kier molecular flexibility index (Phi) is 5.56. The third-order valence-corrected chi connectivity index (χ3v) is 4.48. The van der Waals surface area contributed by atoms with E-state index in [0.717, 1.165) is 24.1 Å². The van der Waals surface area contributed by atoms with E-state index in [0.29, 0.717) is 12.2 Å². The van der Waals surface area contributed by atoms with Gasteiger partial charge < -0.3 is 9.64 Å².